The molecule has 1 atom stereocenters. The van der Waals surface area contributed by atoms with Crippen LogP contribution in [0.15, 0.2) is 29.2 Å². The van der Waals surface area contributed by atoms with Gasteiger partial charge in [0.2, 0.25) is 0 Å². The van der Waals surface area contributed by atoms with Crippen molar-refractivity contribution in [1.29, 1.82) is 0 Å². The molecular formula is C12H19NO3S. The molecule has 1 aromatic carbocycles. The highest BCUT2D eigenvalue weighted by Crippen LogP contribution is 2.10. The van der Waals surface area contributed by atoms with Gasteiger partial charge in [-0.1, -0.05) is 12.1 Å². The first-order valence-corrected chi connectivity index (χ1v) is 7.46. The molecule has 96 valence electrons. The van der Waals surface area contributed by atoms with Gasteiger partial charge in [-0.3, -0.25) is 0 Å². The van der Waals surface area contributed by atoms with Gasteiger partial charge in [0.25, 0.3) is 0 Å². The van der Waals surface area contributed by atoms with Gasteiger partial charge in [-0.05, 0) is 37.6 Å². The van der Waals surface area contributed by atoms with E-state index in [4.69, 9.17) is 5.11 Å². The second kappa shape index (κ2) is 6.14. The van der Waals surface area contributed by atoms with E-state index in [0.717, 1.165) is 18.5 Å². The van der Waals surface area contributed by atoms with E-state index in [1.165, 1.54) is 6.26 Å². The summed E-state index contributed by atoms with van der Waals surface area (Å²) < 4.78 is 22.5. The van der Waals surface area contributed by atoms with Crippen LogP contribution in [0.5, 0.6) is 0 Å². The number of aliphatic hydroxyl groups is 1. The van der Waals surface area contributed by atoms with E-state index in [1.54, 1.807) is 19.1 Å². The van der Waals surface area contributed by atoms with Gasteiger partial charge in [-0.25, -0.2) is 8.42 Å². The molecule has 0 saturated heterocycles. The average Bonchev–Trinajstić information content (AvgIpc) is 2.23. The number of sulfone groups is 1. The van der Waals surface area contributed by atoms with Gasteiger partial charge in [-0.2, -0.15) is 0 Å². The average molecular weight is 257 g/mol. The molecule has 0 bridgehead atoms. The predicted octanol–water partition coefficient (Wildman–Crippen LogP) is 0.603. The summed E-state index contributed by atoms with van der Waals surface area (Å²) in [6.07, 6.45) is 1.67. The lowest BCUT2D eigenvalue weighted by Gasteiger charge is -2.07. The second-order valence-electron chi connectivity index (χ2n) is 4.22. The Morgan fingerprint density at radius 1 is 1.29 bits per heavy atom. The fraction of sp³-hybridized carbons (Fsp3) is 0.500. The van der Waals surface area contributed by atoms with Crippen LogP contribution in [-0.4, -0.2) is 39.0 Å². The maximum atomic E-state index is 11.2. The molecule has 0 saturated carbocycles. The topological polar surface area (TPSA) is 66.4 Å². The molecule has 1 aromatic rings. The molecular weight excluding hydrogens is 238 g/mol. The van der Waals surface area contributed by atoms with Crippen LogP contribution in [-0.2, 0) is 16.3 Å². The van der Waals surface area contributed by atoms with E-state index >= 15 is 0 Å². The summed E-state index contributed by atoms with van der Waals surface area (Å²) in [6.45, 7) is 3.07. The van der Waals surface area contributed by atoms with Gasteiger partial charge >= 0.3 is 0 Å². The van der Waals surface area contributed by atoms with Crippen LogP contribution in [0.3, 0.4) is 0 Å². The molecule has 2 N–H and O–H groups in total. The first-order valence-electron chi connectivity index (χ1n) is 5.57. The van der Waals surface area contributed by atoms with Crippen LogP contribution in [0.1, 0.15) is 12.5 Å². The van der Waals surface area contributed by atoms with E-state index in [1.807, 2.05) is 12.1 Å². The van der Waals surface area contributed by atoms with Crippen LogP contribution in [0.2, 0.25) is 0 Å². The summed E-state index contributed by atoms with van der Waals surface area (Å²) in [5.41, 5.74) is 1.08. The molecule has 0 aliphatic carbocycles. The smallest absolute Gasteiger partial charge is 0.175 e. The first-order chi connectivity index (χ1) is 7.89. The lowest BCUT2D eigenvalue weighted by molar-refractivity contribution is 0.191. The Hall–Kier alpha value is -0.910. The number of hydrogen-bond donors (Lipinski definition) is 2. The van der Waals surface area contributed by atoms with Crippen LogP contribution in [0, 0.1) is 0 Å². The molecule has 5 heteroatoms. The fourth-order valence-electron chi connectivity index (χ4n) is 1.45. The molecule has 0 amide bonds. The quantitative estimate of drug-likeness (QED) is 0.733. The van der Waals surface area contributed by atoms with E-state index in [-0.39, 0.29) is 6.10 Å². The number of rotatable bonds is 6. The van der Waals surface area contributed by atoms with Crippen molar-refractivity contribution in [3.8, 4) is 0 Å². The molecule has 0 heterocycles. The Bertz CT molecular complexity index is 437. The molecule has 0 aromatic heterocycles. The molecule has 0 spiro atoms. The van der Waals surface area contributed by atoms with Gasteiger partial charge < -0.3 is 10.4 Å². The Kier molecular flexibility index (Phi) is 5.11. The number of hydrogen-bond acceptors (Lipinski definition) is 4. The molecule has 4 nitrogen and oxygen atoms in total. The summed E-state index contributed by atoms with van der Waals surface area (Å²) in [5, 5.41) is 12.2. The van der Waals surface area contributed by atoms with Crippen molar-refractivity contribution >= 4 is 9.84 Å². The molecule has 0 aliphatic rings. The fourth-order valence-corrected chi connectivity index (χ4v) is 2.08. The Labute approximate surface area is 103 Å². The van der Waals surface area contributed by atoms with Crippen molar-refractivity contribution in [3.63, 3.8) is 0 Å². The summed E-state index contributed by atoms with van der Waals surface area (Å²) in [6, 6.07) is 6.89. The lowest BCUT2D eigenvalue weighted by Crippen LogP contribution is -2.26. The molecule has 1 unspecified atom stereocenters. The zero-order valence-electron chi connectivity index (χ0n) is 10.2. The zero-order chi connectivity index (χ0) is 12.9. The van der Waals surface area contributed by atoms with Crippen molar-refractivity contribution in [2.75, 3.05) is 19.3 Å². The van der Waals surface area contributed by atoms with Gasteiger partial charge in [0, 0.05) is 12.8 Å². The van der Waals surface area contributed by atoms with Gasteiger partial charge in [0.05, 0.1) is 11.0 Å². The normalized spacial score (nSPS) is 13.6. The third-order valence-electron chi connectivity index (χ3n) is 2.38. The second-order valence-corrected chi connectivity index (χ2v) is 6.23. The third-order valence-corrected chi connectivity index (χ3v) is 3.51. The molecule has 0 aliphatic heterocycles. The third kappa shape index (κ3) is 5.30. The van der Waals surface area contributed by atoms with Gasteiger partial charge in [0.1, 0.15) is 0 Å². The number of benzene rings is 1. The molecule has 0 fully saturated rings. The van der Waals surface area contributed by atoms with Crippen molar-refractivity contribution < 1.29 is 13.5 Å². The Morgan fingerprint density at radius 2 is 1.88 bits per heavy atom. The van der Waals surface area contributed by atoms with Crippen LogP contribution < -0.4 is 5.32 Å². The molecule has 0 radical (unpaired) electrons. The van der Waals surface area contributed by atoms with Crippen LogP contribution >= 0.6 is 0 Å². The Morgan fingerprint density at radius 3 is 2.35 bits per heavy atom. The number of aliphatic hydroxyl groups excluding tert-OH is 1. The highest BCUT2D eigenvalue weighted by atomic mass is 32.2. The Balaban J connectivity index is 2.46. The minimum Gasteiger partial charge on any atom is -0.392 e. The van der Waals surface area contributed by atoms with E-state index in [2.05, 4.69) is 5.32 Å². The van der Waals surface area contributed by atoms with E-state index < -0.39 is 9.84 Å². The maximum absolute atomic E-state index is 11.2. The molecule has 1 rings (SSSR count). The van der Waals surface area contributed by atoms with Crippen molar-refractivity contribution in [1.82, 2.24) is 5.32 Å². The van der Waals surface area contributed by atoms with Crippen molar-refractivity contribution in [3.05, 3.63) is 29.8 Å². The monoisotopic (exact) mass is 257 g/mol. The van der Waals surface area contributed by atoms with Crippen LogP contribution in [0.4, 0.5) is 0 Å². The maximum Gasteiger partial charge on any atom is 0.175 e. The minimum atomic E-state index is -3.10. The zero-order valence-corrected chi connectivity index (χ0v) is 11.0. The van der Waals surface area contributed by atoms with Crippen molar-refractivity contribution in [2.45, 2.75) is 24.3 Å². The first kappa shape index (κ1) is 14.2. The lowest BCUT2D eigenvalue weighted by atomic mass is 10.1. The summed E-state index contributed by atoms with van der Waals surface area (Å²) >= 11 is 0. The standard InChI is InChI=1S/C12H19NO3S/c1-10(14)9-13-8-7-11-3-5-12(6-4-11)17(2,15)16/h3-6,10,13-14H,7-9H2,1-2H3. The summed E-state index contributed by atoms with van der Waals surface area (Å²) in [4.78, 5) is 0.346. The predicted molar refractivity (Wildman–Crippen MR) is 67.8 cm³/mol. The molecule has 17 heavy (non-hydrogen) atoms. The minimum absolute atomic E-state index is 0.345. The SMILES string of the molecule is CC(O)CNCCc1ccc(S(C)(=O)=O)cc1. The summed E-state index contributed by atoms with van der Waals surface area (Å²) in [7, 11) is -3.10. The highest BCUT2D eigenvalue weighted by Gasteiger charge is 2.05. The van der Waals surface area contributed by atoms with E-state index in [0.29, 0.717) is 11.4 Å². The summed E-state index contributed by atoms with van der Waals surface area (Å²) in [5.74, 6) is 0. The van der Waals surface area contributed by atoms with Gasteiger partial charge in [-0.15, -0.1) is 0 Å². The van der Waals surface area contributed by atoms with Gasteiger partial charge in [0.15, 0.2) is 9.84 Å². The van der Waals surface area contributed by atoms with Crippen LogP contribution in [0.25, 0.3) is 0 Å². The number of nitrogens with one attached hydrogen (secondary N) is 1. The van der Waals surface area contributed by atoms with Crippen molar-refractivity contribution in [2.24, 2.45) is 0 Å². The highest BCUT2D eigenvalue weighted by molar-refractivity contribution is 7.90. The van der Waals surface area contributed by atoms with E-state index in [9.17, 15) is 8.42 Å². The largest absolute Gasteiger partial charge is 0.392 e.